The highest BCUT2D eigenvalue weighted by molar-refractivity contribution is 6.30. The molecular weight excluding hydrogens is 316 g/mol. The third-order valence-corrected chi connectivity index (χ3v) is 4.48. The van der Waals surface area contributed by atoms with Gasteiger partial charge in [-0.3, -0.25) is 9.59 Å². The van der Waals surface area contributed by atoms with Crippen LogP contribution < -0.4 is 10.6 Å². The van der Waals surface area contributed by atoms with Crippen molar-refractivity contribution in [3.63, 3.8) is 0 Å². The van der Waals surface area contributed by atoms with Crippen molar-refractivity contribution in [1.29, 1.82) is 0 Å². The van der Waals surface area contributed by atoms with Crippen molar-refractivity contribution < 1.29 is 14.7 Å². The zero-order valence-electron chi connectivity index (χ0n) is 13.3. The van der Waals surface area contributed by atoms with Crippen molar-refractivity contribution in [3.8, 4) is 0 Å². The van der Waals surface area contributed by atoms with Crippen LogP contribution in [0.1, 0.15) is 49.4 Å². The second-order valence-corrected chi connectivity index (χ2v) is 6.64. The molecule has 2 amide bonds. The van der Waals surface area contributed by atoms with E-state index < -0.39 is 11.6 Å². The van der Waals surface area contributed by atoms with Gasteiger partial charge in [0.25, 0.3) is 5.91 Å². The second kappa shape index (κ2) is 7.79. The lowest BCUT2D eigenvalue weighted by atomic mass is 9.85. The van der Waals surface area contributed by atoms with Crippen LogP contribution in [-0.2, 0) is 4.79 Å². The molecule has 1 atom stereocenters. The van der Waals surface area contributed by atoms with Gasteiger partial charge in [-0.1, -0.05) is 30.9 Å². The molecule has 1 unspecified atom stereocenters. The second-order valence-electron chi connectivity index (χ2n) is 6.20. The van der Waals surface area contributed by atoms with E-state index in [4.69, 9.17) is 11.6 Å². The van der Waals surface area contributed by atoms with Crippen LogP contribution in [0, 0.1) is 0 Å². The number of carbonyl (C=O) groups excluding carboxylic acids is 2. The van der Waals surface area contributed by atoms with Crippen LogP contribution in [0.3, 0.4) is 0 Å². The zero-order valence-corrected chi connectivity index (χ0v) is 14.0. The Morgan fingerprint density at radius 2 is 1.83 bits per heavy atom. The molecule has 0 aromatic heterocycles. The number of amides is 2. The topological polar surface area (TPSA) is 78.4 Å². The van der Waals surface area contributed by atoms with Crippen molar-refractivity contribution in [2.75, 3.05) is 6.54 Å². The van der Waals surface area contributed by atoms with E-state index in [-0.39, 0.29) is 18.4 Å². The number of hydrogen-bond acceptors (Lipinski definition) is 3. The number of aliphatic hydroxyl groups is 1. The SMILES string of the molecule is CC(NC(=O)c1ccc(Cl)cc1)C(=O)NCC1(O)CCCCC1. The fourth-order valence-corrected chi connectivity index (χ4v) is 2.86. The first kappa shape index (κ1) is 17.8. The first-order valence-corrected chi connectivity index (χ1v) is 8.34. The Morgan fingerprint density at radius 1 is 1.22 bits per heavy atom. The van der Waals surface area contributed by atoms with Gasteiger partial charge in [-0.15, -0.1) is 0 Å². The average molecular weight is 339 g/mol. The third kappa shape index (κ3) is 5.22. The lowest BCUT2D eigenvalue weighted by Gasteiger charge is -2.32. The zero-order chi connectivity index (χ0) is 16.9. The molecule has 0 aliphatic heterocycles. The van der Waals surface area contributed by atoms with E-state index >= 15 is 0 Å². The number of nitrogens with one attached hydrogen (secondary N) is 2. The fraction of sp³-hybridized carbons (Fsp3) is 0.529. The Balaban J connectivity index is 1.82. The predicted octanol–water partition coefficient (Wildman–Crippen LogP) is 2.27. The largest absolute Gasteiger partial charge is 0.388 e. The fourth-order valence-electron chi connectivity index (χ4n) is 2.74. The highest BCUT2D eigenvalue weighted by Gasteiger charge is 2.30. The maximum Gasteiger partial charge on any atom is 0.251 e. The van der Waals surface area contributed by atoms with Gasteiger partial charge in [0.05, 0.1) is 5.60 Å². The quantitative estimate of drug-likeness (QED) is 0.770. The molecule has 6 heteroatoms. The minimum atomic E-state index is -0.812. The molecule has 0 bridgehead atoms. The molecule has 2 rings (SSSR count). The first-order chi connectivity index (χ1) is 10.9. The summed E-state index contributed by atoms with van der Waals surface area (Å²) in [6, 6.07) is 5.78. The molecular formula is C17H23ClN2O3. The molecule has 126 valence electrons. The van der Waals surface area contributed by atoms with Crippen LogP contribution in [0.25, 0.3) is 0 Å². The Labute approximate surface area is 141 Å². The van der Waals surface area contributed by atoms with Crippen LogP contribution in [0.5, 0.6) is 0 Å². The van der Waals surface area contributed by atoms with Gasteiger partial charge in [0.15, 0.2) is 0 Å². The van der Waals surface area contributed by atoms with Gasteiger partial charge in [0.2, 0.25) is 5.91 Å². The van der Waals surface area contributed by atoms with Crippen LogP contribution in [-0.4, -0.2) is 35.1 Å². The molecule has 0 saturated heterocycles. The maximum atomic E-state index is 12.1. The number of hydrogen-bond donors (Lipinski definition) is 3. The Bertz CT molecular complexity index is 553. The van der Waals surface area contributed by atoms with E-state index in [2.05, 4.69) is 10.6 Å². The van der Waals surface area contributed by atoms with Crippen molar-refractivity contribution in [2.24, 2.45) is 0 Å². The maximum absolute atomic E-state index is 12.1. The number of rotatable bonds is 5. The lowest BCUT2D eigenvalue weighted by Crippen LogP contribution is -2.50. The van der Waals surface area contributed by atoms with Crippen molar-refractivity contribution in [1.82, 2.24) is 10.6 Å². The minimum Gasteiger partial charge on any atom is -0.388 e. The van der Waals surface area contributed by atoms with Gasteiger partial charge >= 0.3 is 0 Å². The van der Waals surface area contributed by atoms with Crippen molar-refractivity contribution >= 4 is 23.4 Å². The third-order valence-electron chi connectivity index (χ3n) is 4.22. The lowest BCUT2D eigenvalue weighted by molar-refractivity contribution is -0.124. The van der Waals surface area contributed by atoms with Gasteiger partial charge in [0, 0.05) is 17.1 Å². The molecule has 0 radical (unpaired) electrons. The van der Waals surface area contributed by atoms with E-state index in [1.807, 2.05) is 0 Å². The smallest absolute Gasteiger partial charge is 0.251 e. The van der Waals surface area contributed by atoms with Gasteiger partial charge in [-0.2, -0.15) is 0 Å². The molecule has 1 aliphatic rings. The minimum absolute atomic E-state index is 0.229. The highest BCUT2D eigenvalue weighted by atomic mass is 35.5. The van der Waals surface area contributed by atoms with Crippen LogP contribution >= 0.6 is 11.6 Å². The summed E-state index contributed by atoms with van der Waals surface area (Å²) in [7, 11) is 0. The van der Waals surface area contributed by atoms with E-state index in [1.165, 1.54) is 0 Å². The summed E-state index contributed by atoms with van der Waals surface area (Å²) in [6.45, 7) is 1.85. The molecule has 3 N–H and O–H groups in total. The average Bonchev–Trinajstić information content (AvgIpc) is 2.54. The van der Waals surface area contributed by atoms with E-state index in [0.717, 1.165) is 19.3 Å². The van der Waals surface area contributed by atoms with Gasteiger partial charge in [-0.25, -0.2) is 0 Å². The first-order valence-electron chi connectivity index (χ1n) is 7.96. The van der Waals surface area contributed by atoms with Gasteiger partial charge in [0.1, 0.15) is 6.04 Å². The molecule has 23 heavy (non-hydrogen) atoms. The van der Waals surface area contributed by atoms with Crippen molar-refractivity contribution in [3.05, 3.63) is 34.9 Å². The normalized spacial score (nSPS) is 18.0. The van der Waals surface area contributed by atoms with Crippen molar-refractivity contribution in [2.45, 2.75) is 50.7 Å². The molecule has 1 aliphatic carbocycles. The Kier molecular flexibility index (Phi) is 6.02. The van der Waals surface area contributed by atoms with Gasteiger partial charge in [-0.05, 0) is 44.0 Å². The molecule has 1 fully saturated rings. The Hall–Kier alpha value is -1.59. The standard InChI is InChI=1S/C17H23ClN2O3/c1-12(20-16(22)13-5-7-14(18)8-6-13)15(21)19-11-17(23)9-3-2-4-10-17/h5-8,12,23H,2-4,9-11H2,1H3,(H,19,21)(H,20,22). The van der Waals surface area contributed by atoms with Crippen LogP contribution in [0.4, 0.5) is 0 Å². The van der Waals surface area contributed by atoms with Crippen LogP contribution in [0.2, 0.25) is 5.02 Å². The molecule has 0 spiro atoms. The molecule has 1 aromatic carbocycles. The summed E-state index contributed by atoms with van der Waals surface area (Å²) in [5.41, 5.74) is -0.367. The monoisotopic (exact) mass is 338 g/mol. The molecule has 1 saturated carbocycles. The summed E-state index contributed by atoms with van der Waals surface area (Å²) in [6.07, 6.45) is 4.51. The summed E-state index contributed by atoms with van der Waals surface area (Å²) < 4.78 is 0. The Morgan fingerprint density at radius 3 is 2.43 bits per heavy atom. The summed E-state index contributed by atoms with van der Waals surface area (Å²) in [4.78, 5) is 24.1. The molecule has 5 nitrogen and oxygen atoms in total. The summed E-state index contributed by atoms with van der Waals surface area (Å²) in [5, 5.41) is 16.3. The van der Waals surface area contributed by atoms with E-state index in [9.17, 15) is 14.7 Å². The summed E-state index contributed by atoms with van der Waals surface area (Å²) in [5.74, 6) is -0.632. The van der Waals surface area contributed by atoms with Crippen LogP contribution in [0.15, 0.2) is 24.3 Å². The predicted molar refractivity (Wildman–Crippen MR) is 89.4 cm³/mol. The molecule has 0 heterocycles. The van der Waals surface area contributed by atoms with Gasteiger partial charge < -0.3 is 15.7 Å². The highest BCUT2D eigenvalue weighted by Crippen LogP contribution is 2.27. The molecule has 1 aromatic rings. The number of halogens is 1. The summed E-state index contributed by atoms with van der Waals surface area (Å²) >= 11 is 5.78. The van der Waals surface area contributed by atoms with E-state index in [0.29, 0.717) is 23.4 Å². The van der Waals surface area contributed by atoms with E-state index in [1.54, 1.807) is 31.2 Å². The number of carbonyl (C=O) groups is 2. The number of benzene rings is 1.